The maximum atomic E-state index is 4.86. The SMILES string of the molecule is c1ccc(-c2cc(-c3cccs3)cc(-c3ccncc3)n2)cc1. The van der Waals surface area contributed by atoms with E-state index in [1.807, 2.05) is 30.3 Å². The van der Waals surface area contributed by atoms with Crippen molar-refractivity contribution in [1.29, 1.82) is 0 Å². The van der Waals surface area contributed by atoms with Crippen LogP contribution in [0.3, 0.4) is 0 Å². The van der Waals surface area contributed by atoms with Crippen LogP contribution in [0, 0.1) is 0 Å². The number of aromatic nitrogens is 2. The van der Waals surface area contributed by atoms with Gasteiger partial charge in [-0.15, -0.1) is 11.3 Å². The van der Waals surface area contributed by atoms with E-state index in [1.54, 1.807) is 23.7 Å². The van der Waals surface area contributed by atoms with Crippen LogP contribution in [0.15, 0.2) is 84.5 Å². The van der Waals surface area contributed by atoms with Gasteiger partial charge in [-0.1, -0.05) is 36.4 Å². The van der Waals surface area contributed by atoms with Crippen LogP contribution in [-0.4, -0.2) is 9.97 Å². The summed E-state index contributed by atoms with van der Waals surface area (Å²) in [5.41, 5.74) is 5.36. The smallest absolute Gasteiger partial charge is 0.0717 e. The highest BCUT2D eigenvalue weighted by molar-refractivity contribution is 7.13. The van der Waals surface area contributed by atoms with Crippen molar-refractivity contribution < 1.29 is 0 Å². The zero-order valence-corrected chi connectivity index (χ0v) is 13.2. The second-order valence-electron chi connectivity index (χ2n) is 5.21. The van der Waals surface area contributed by atoms with E-state index in [1.165, 1.54) is 10.4 Å². The van der Waals surface area contributed by atoms with E-state index in [4.69, 9.17) is 4.98 Å². The van der Waals surface area contributed by atoms with Gasteiger partial charge in [-0.2, -0.15) is 0 Å². The molecule has 4 aromatic rings. The molecule has 0 aliphatic carbocycles. The average Bonchev–Trinajstić information content (AvgIpc) is 3.18. The zero-order chi connectivity index (χ0) is 15.5. The Bertz CT molecular complexity index is 843. The fourth-order valence-corrected chi connectivity index (χ4v) is 3.26. The topological polar surface area (TPSA) is 25.8 Å². The standard InChI is InChI=1S/C20H14N2S/c1-2-5-15(6-3-1)18-13-17(20-7-4-12-23-20)14-19(22-18)16-8-10-21-11-9-16/h1-14H. The fourth-order valence-electron chi connectivity index (χ4n) is 2.54. The molecule has 3 heterocycles. The Morgan fingerprint density at radius 1 is 0.652 bits per heavy atom. The summed E-state index contributed by atoms with van der Waals surface area (Å²) in [7, 11) is 0. The Labute approximate surface area is 139 Å². The molecule has 2 nitrogen and oxygen atoms in total. The molecule has 4 rings (SSSR count). The van der Waals surface area contributed by atoms with Gasteiger partial charge < -0.3 is 0 Å². The molecule has 0 aliphatic rings. The first-order valence-electron chi connectivity index (χ1n) is 7.42. The molecule has 23 heavy (non-hydrogen) atoms. The molecule has 110 valence electrons. The third-order valence-corrected chi connectivity index (χ3v) is 4.60. The molecule has 0 spiro atoms. The average molecular weight is 314 g/mol. The van der Waals surface area contributed by atoms with E-state index in [-0.39, 0.29) is 0 Å². The second kappa shape index (κ2) is 6.15. The normalized spacial score (nSPS) is 10.6. The Morgan fingerprint density at radius 2 is 1.35 bits per heavy atom. The molecule has 0 saturated heterocycles. The summed E-state index contributed by atoms with van der Waals surface area (Å²) in [4.78, 5) is 10.2. The number of thiophene rings is 1. The van der Waals surface area contributed by atoms with Crippen LogP contribution in [0.5, 0.6) is 0 Å². The Hall–Kier alpha value is -2.78. The molecular weight excluding hydrogens is 300 g/mol. The lowest BCUT2D eigenvalue weighted by atomic mass is 10.0. The lowest BCUT2D eigenvalue weighted by Gasteiger charge is -2.09. The fraction of sp³-hybridized carbons (Fsp3) is 0. The monoisotopic (exact) mass is 314 g/mol. The van der Waals surface area contributed by atoms with Gasteiger partial charge in [0.05, 0.1) is 11.4 Å². The molecule has 0 bridgehead atoms. The predicted molar refractivity (Wildman–Crippen MR) is 96.2 cm³/mol. The molecule has 0 radical (unpaired) electrons. The van der Waals surface area contributed by atoms with Crippen molar-refractivity contribution in [2.75, 3.05) is 0 Å². The Kier molecular flexibility index (Phi) is 3.70. The molecule has 3 heteroatoms. The quantitative estimate of drug-likeness (QED) is 0.496. The molecular formula is C20H14N2S. The van der Waals surface area contributed by atoms with Crippen molar-refractivity contribution in [3.05, 3.63) is 84.5 Å². The first kappa shape index (κ1) is 13.9. The molecule has 0 fully saturated rings. The lowest BCUT2D eigenvalue weighted by molar-refractivity contribution is 1.29. The minimum Gasteiger partial charge on any atom is -0.265 e. The third kappa shape index (κ3) is 2.91. The molecule has 0 atom stereocenters. The van der Waals surface area contributed by atoms with Crippen LogP contribution in [0.25, 0.3) is 33.0 Å². The number of nitrogens with zero attached hydrogens (tertiary/aromatic N) is 2. The summed E-state index contributed by atoms with van der Waals surface area (Å²) in [6, 6.07) is 22.8. The van der Waals surface area contributed by atoms with Gasteiger partial charge >= 0.3 is 0 Å². The first-order valence-corrected chi connectivity index (χ1v) is 8.30. The largest absolute Gasteiger partial charge is 0.265 e. The summed E-state index contributed by atoms with van der Waals surface area (Å²) < 4.78 is 0. The van der Waals surface area contributed by atoms with Gasteiger partial charge in [0.1, 0.15) is 0 Å². The highest BCUT2D eigenvalue weighted by Gasteiger charge is 2.09. The minimum atomic E-state index is 0.970. The van der Waals surface area contributed by atoms with Crippen molar-refractivity contribution in [3.8, 4) is 33.0 Å². The minimum absolute atomic E-state index is 0.970. The second-order valence-corrected chi connectivity index (χ2v) is 6.15. The summed E-state index contributed by atoms with van der Waals surface area (Å²) in [5, 5.41) is 2.10. The molecule has 0 N–H and O–H groups in total. The number of rotatable bonds is 3. The van der Waals surface area contributed by atoms with Crippen LogP contribution in [0.2, 0.25) is 0 Å². The van der Waals surface area contributed by atoms with Crippen molar-refractivity contribution in [2.24, 2.45) is 0 Å². The highest BCUT2D eigenvalue weighted by Crippen LogP contribution is 2.32. The van der Waals surface area contributed by atoms with Crippen molar-refractivity contribution in [2.45, 2.75) is 0 Å². The molecule has 3 aromatic heterocycles. The van der Waals surface area contributed by atoms with Crippen LogP contribution in [0.1, 0.15) is 0 Å². The van der Waals surface area contributed by atoms with Gasteiger partial charge in [0.25, 0.3) is 0 Å². The van der Waals surface area contributed by atoms with E-state index in [2.05, 4.69) is 46.8 Å². The summed E-state index contributed by atoms with van der Waals surface area (Å²) in [5.74, 6) is 0. The molecule has 1 aromatic carbocycles. The Balaban J connectivity index is 1.91. The van der Waals surface area contributed by atoms with E-state index in [0.717, 1.165) is 22.5 Å². The first-order chi connectivity index (χ1) is 11.4. The lowest BCUT2D eigenvalue weighted by Crippen LogP contribution is -1.90. The van der Waals surface area contributed by atoms with Gasteiger partial charge in [0.15, 0.2) is 0 Å². The van der Waals surface area contributed by atoms with Crippen LogP contribution < -0.4 is 0 Å². The van der Waals surface area contributed by atoms with Crippen molar-refractivity contribution in [1.82, 2.24) is 9.97 Å². The third-order valence-electron chi connectivity index (χ3n) is 3.68. The van der Waals surface area contributed by atoms with Gasteiger partial charge in [-0.3, -0.25) is 4.98 Å². The summed E-state index contributed by atoms with van der Waals surface area (Å²) >= 11 is 1.74. The number of hydrogen-bond donors (Lipinski definition) is 0. The van der Waals surface area contributed by atoms with Gasteiger partial charge in [-0.05, 0) is 41.3 Å². The maximum Gasteiger partial charge on any atom is 0.0717 e. The summed E-state index contributed by atoms with van der Waals surface area (Å²) in [6.07, 6.45) is 3.61. The van der Waals surface area contributed by atoms with Gasteiger partial charge in [-0.25, -0.2) is 4.98 Å². The highest BCUT2D eigenvalue weighted by atomic mass is 32.1. The van der Waals surface area contributed by atoms with Crippen LogP contribution in [0.4, 0.5) is 0 Å². The van der Waals surface area contributed by atoms with E-state index in [0.29, 0.717) is 0 Å². The zero-order valence-electron chi connectivity index (χ0n) is 12.4. The number of hydrogen-bond acceptors (Lipinski definition) is 3. The van der Waals surface area contributed by atoms with E-state index >= 15 is 0 Å². The number of benzene rings is 1. The van der Waals surface area contributed by atoms with Crippen molar-refractivity contribution in [3.63, 3.8) is 0 Å². The molecule has 0 unspecified atom stereocenters. The Morgan fingerprint density at radius 3 is 2.00 bits per heavy atom. The molecule has 0 saturated carbocycles. The van der Waals surface area contributed by atoms with Crippen molar-refractivity contribution >= 4 is 11.3 Å². The maximum absolute atomic E-state index is 4.86. The predicted octanol–water partition coefficient (Wildman–Crippen LogP) is 5.54. The van der Waals surface area contributed by atoms with E-state index in [9.17, 15) is 0 Å². The molecule has 0 amide bonds. The van der Waals surface area contributed by atoms with E-state index < -0.39 is 0 Å². The van der Waals surface area contributed by atoms with Crippen LogP contribution >= 0.6 is 11.3 Å². The molecule has 0 aliphatic heterocycles. The summed E-state index contributed by atoms with van der Waals surface area (Å²) in [6.45, 7) is 0. The van der Waals surface area contributed by atoms with Gasteiger partial charge in [0.2, 0.25) is 0 Å². The van der Waals surface area contributed by atoms with Gasteiger partial charge in [0, 0.05) is 28.4 Å². The number of pyridine rings is 2. The van der Waals surface area contributed by atoms with Crippen LogP contribution in [-0.2, 0) is 0 Å².